The number of allylic oxidation sites excluding steroid dienone is 2. The van der Waals surface area contributed by atoms with E-state index in [4.69, 9.17) is 0 Å². The third-order valence-corrected chi connectivity index (χ3v) is 11.2. The Hall–Kier alpha value is -6.24. The molecule has 10 nitrogen and oxygen atoms in total. The highest BCUT2D eigenvalue weighted by atomic mass is 32.1. The number of H-pyrrole nitrogens is 2. The minimum absolute atomic E-state index is 0.312. The average molecular weight is 715 g/mol. The number of aromatic amines is 2. The van der Waals surface area contributed by atoms with Crippen LogP contribution in [0.15, 0.2) is 133 Å². The van der Waals surface area contributed by atoms with Gasteiger partial charge in [0.15, 0.2) is 0 Å². The van der Waals surface area contributed by atoms with Crippen LogP contribution in [0, 0.1) is 0 Å². The molecule has 0 aromatic carbocycles. The highest BCUT2D eigenvalue weighted by Gasteiger charge is 2.38. The van der Waals surface area contributed by atoms with Gasteiger partial charge >= 0.3 is 0 Å². The monoisotopic (exact) mass is 714 g/mol. The smallest absolute Gasteiger partial charge is 0.119 e. The molecule has 8 aromatic heterocycles. The number of rotatable bonds is 6. The van der Waals surface area contributed by atoms with Crippen molar-refractivity contribution in [3.05, 3.63) is 178 Å². The number of hydrogen-bond donors (Lipinski definition) is 2. The molecule has 10 rings (SSSR count). The van der Waals surface area contributed by atoms with Gasteiger partial charge in [0.25, 0.3) is 0 Å². The molecule has 0 spiro atoms. The van der Waals surface area contributed by atoms with Crippen LogP contribution in [0.25, 0.3) is 34.1 Å². The molecule has 0 amide bonds. The quantitative estimate of drug-likeness (QED) is 0.179. The number of aromatic nitrogens is 10. The molecule has 0 saturated carbocycles. The van der Waals surface area contributed by atoms with Crippen LogP contribution in [-0.4, -0.2) is 50.3 Å². The Kier molecular flexibility index (Phi) is 8.22. The van der Waals surface area contributed by atoms with Gasteiger partial charge in [0.05, 0.1) is 15.9 Å². The number of nitrogens with one attached hydrogen (secondary N) is 2. The molecule has 2 N–H and O–H groups in total. The van der Waals surface area contributed by atoms with Gasteiger partial charge in [-0.05, 0) is 46.5 Å². The topological polar surface area (TPSA) is 135 Å². The molecule has 252 valence electrons. The minimum atomic E-state index is -0.318. The van der Waals surface area contributed by atoms with E-state index >= 15 is 0 Å². The summed E-state index contributed by atoms with van der Waals surface area (Å²) in [5.74, 6) is 0. The molecule has 8 aromatic rings. The van der Waals surface area contributed by atoms with Crippen molar-refractivity contribution in [2.75, 3.05) is 0 Å². The summed E-state index contributed by atoms with van der Waals surface area (Å²) in [6, 6.07) is 16.4. The first kappa shape index (κ1) is 31.7. The van der Waals surface area contributed by atoms with E-state index in [1.54, 1.807) is 47.5 Å². The number of pyridine rings is 4. The van der Waals surface area contributed by atoms with Crippen molar-refractivity contribution in [1.82, 2.24) is 50.3 Å². The molecule has 0 bridgehead atoms. The Bertz CT molecular complexity index is 2200. The molecular formula is C40H30N10S2. The zero-order valence-electron chi connectivity index (χ0n) is 27.7. The maximum Gasteiger partial charge on any atom is 0.119 e. The summed E-state index contributed by atoms with van der Waals surface area (Å²) in [4.78, 5) is 27.0. The lowest BCUT2D eigenvalue weighted by molar-refractivity contribution is 0.615. The van der Waals surface area contributed by atoms with E-state index in [1.807, 2.05) is 71.7 Å². The normalized spacial score (nSPS) is 14.9. The first-order valence-electron chi connectivity index (χ1n) is 16.7. The van der Waals surface area contributed by atoms with E-state index in [1.165, 1.54) is 0 Å². The Balaban J connectivity index is 0.000000138. The fourth-order valence-corrected chi connectivity index (χ4v) is 8.37. The molecule has 0 atom stereocenters. The van der Waals surface area contributed by atoms with Crippen molar-refractivity contribution in [2.45, 2.75) is 23.7 Å². The molecule has 2 aliphatic rings. The lowest BCUT2D eigenvalue weighted by Crippen LogP contribution is -2.30. The molecule has 2 aliphatic carbocycles. The van der Waals surface area contributed by atoms with Crippen LogP contribution in [0.3, 0.4) is 0 Å². The molecule has 0 saturated heterocycles. The number of nitrogens with zero attached hydrogens (tertiary/aromatic N) is 8. The molecular weight excluding hydrogens is 685 g/mol. The lowest BCUT2D eigenvalue weighted by atomic mass is 9.69. The van der Waals surface area contributed by atoms with Gasteiger partial charge in [0.2, 0.25) is 0 Å². The van der Waals surface area contributed by atoms with Crippen LogP contribution in [0.2, 0.25) is 0 Å². The second-order valence-corrected chi connectivity index (χ2v) is 14.2. The second kappa shape index (κ2) is 13.5. The van der Waals surface area contributed by atoms with Gasteiger partial charge in [-0.2, -0.15) is 10.2 Å². The Labute approximate surface area is 307 Å². The van der Waals surface area contributed by atoms with Gasteiger partial charge in [-0.3, -0.25) is 35.1 Å². The van der Waals surface area contributed by atoms with Crippen LogP contribution in [0.4, 0.5) is 0 Å². The first-order valence-corrected chi connectivity index (χ1v) is 18.5. The van der Waals surface area contributed by atoms with Gasteiger partial charge in [-0.15, -0.1) is 22.7 Å². The molecule has 12 heteroatoms. The molecule has 52 heavy (non-hydrogen) atoms. The summed E-state index contributed by atoms with van der Waals surface area (Å²) in [6.45, 7) is 0. The van der Waals surface area contributed by atoms with Crippen molar-refractivity contribution in [3.63, 3.8) is 0 Å². The van der Waals surface area contributed by atoms with Crippen molar-refractivity contribution in [3.8, 4) is 22.0 Å². The first-order chi connectivity index (χ1) is 25.7. The SMILES string of the molecule is C1=CC(c2cccnc2)(c2cccnc2)Cc2[nH]nc(-c3cncs3)c21.C1=CC(c2cccnc2)(c2cccnc2)Cc2[nH]nc(-c3cscn3)c21. The maximum atomic E-state index is 4.56. The number of thiazole rings is 2. The van der Waals surface area contributed by atoms with Gasteiger partial charge in [-0.25, -0.2) is 4.98 Å². The Morgan fingerprint density at radius 2 is 1.06 bits per heavy atom. The van der Waals surface area contributed by atoms with E-state index < -0.39 is 0 Å². The molecule has 0 unspecified atom stereocenters. The van der Waals surface area contributed by atoms with Gasteiger partial charge in [-0.1, -0.05) is 48.6 Å². The largest absolute Gasteiger partial charge is 0.281 e. The van der Waals surface area contributed by atoms with E-state index in [0.29, 0.717) is 0 Å². The van der Waals surface area contributed by atoms with Gasteiger partial charge in [0, 0.05) is 107 Å². The fraction of sp³-hybridized carbons (Fsp3) is 0.100. The third-order valence-electron chi connectivity index (χ3n) is 9.79. The predicted octanol–water partition coefficient (Wildman–Crippen LogP) is 7.76. The fourth-order valence-electron chi connectivity index (χ4n) is 7.21. The summed E-state index contributed by atoms with van der Waals surface area (Å²) in [5.41, 5.74) is 14.8. The minimum Gasteiger partial charge on any atom is -0.281 e. The average Bonchev–Trinajstić information content (AvgIpc) is 4.07. The van der Waals surface area contributed by atoms with E-state index in [2.05, 4.69) is 98.9 Å². The third kappa shape index (κ3) is 5.58. The highest BCUT2D eigenvalue weighted by Crippen LogP contribution is 2.44. The Morgan fingerprint density at radius 3 is 1.48 bits per heavy atom. The standard InChI is InChI=1S/2C20H15N5S/c1-3-14(10-21-7-1)20(15-4-2-8-22-11-15)6-5-16-17(9-20)24-25-19(16)18-12-26-13-23-18;1-3-14(10-21-7-1)20(15-4-2-8-22-11-15)6-5-16-17(9-20)24-25-19(16)18-12-23-13-26-18/h2*1-8,10-13H,9H2,(H,24,25). The lowest BCUT2D eigenvalue weighted by Gasteiger charge is -2.33. The van der Waals surface area contributed by atoms with Crippen molar-refractivity contribution >= 4 is 34.8 Å². The van der Waals surface area contributed by atoms with Crippen LogP contribution in [0.1, 0.15) is 44.8 Å². The molecule has 0 aliphatic heterocycles. The summed E-state index contributed by atoms with van der Waals surface area (Å²) in [7, 11) is 0. The zero-order chi connectivity index (χ0) is 34.8. The van der Waals surface area contributed by atoms with E-state index in [-0.39, 0.29) is 10.8 Å². The maximum absolute atomic E-state index is 4.56. The van der Waals surface area contributed by atoms with Crippen LogP contribution < -0.4 is 0 Å². The molecule has 0 radical (unpaired) electrons. The van der Waals surface area contributed by atoms with E-state index in [9.17, 15) is 0 Å². The number of fused-ring (bicyclic) bond motifs is 2. The van der Waals surface area contributed by atoms with Crippen molar-refractivity contribution < 1.29 is 0 Å². The molecule has 0 fully saturated rings. The predicted molar refractivity (Wildman–Crippen MR) is 203 cm³/mol. The van der Waals surface area contributed by atoms with Gasteiger partial charge in [0.1, 0.15) is 17.1 Å². The summed E-state index contributed by atoms with van der Waals surface area (Å²) >= 11 is 3.18. The van der Waals surface area contributed by atoms with Crippen LogP contribution >= 0.6 is 22.7 Å². The summed E-state index contributed by atoms with van der Waals surface area (Å²) < 4.78 is 0. The summed E-state index contributed by atoms with van der Waals surface area (Å²) in [6.07, 6.45) is 27.2. The zero-order valence-corrected chi connectivity index (χ0v) is 29.3. The second-order valence-electron chi connectivity index (χ2n) is 12.6. The highest BCUT2D eigenvalue weighted by molar-refractivity contribution is 7.13. The Morgan fingerprint density at radius 1 is 0.558 bits per heavy atom. The summed E-state index contributed by atoms with van der Waals surface area (Å²) in [5, 5.41) is 17.6. The van der Waals surface area contributed by atoms with Crippen molar-refractivity contribution in [1.29, 1.82) is 0 Å². The van der Waals surface area contributed by atoms with Crippen LogP contribution in [-0.2, 0) is 23.7 Å². The van der Waals surface area contributed by atoms with E-state index in [0.717, 1.165) is 79.6 Å². The van der Waals surface area contributed by atoms with Crippen molar-refractivity contribution in [2.24, 2.45) is 0 Å². The van der Waals surface area contributed by atoms with Gasteiger partial charge < -0.3 is 0 Å². The van der Waals surface area contributed by atoms with Crippen LogP contribution in [0.5, 0.6) is 0 Å². The molecule has 8 heterocycles. The number of hydrogen-bond acceptors (Lipinski definition) is 10.